The Labute approximate surface area is 118 Å². The second kappa shape index (κ2) is 6.67. The number of hydrogen-bond donors (Lipinski definition) is 1. The zero-order valence-corrected chi connectivity index (χ0v) is 13.3. The van der Waals surface area contributed by atoms with E-state index in [9.17, 15) is 4.39 Å². The third kappa shape index (κ3) is 4.69. The van der Waals surface area contributed by atoms with E-state index in [2.05, 4.69) is 48.9 Å². The number of nitrogens with one attached hydrogen (secondary N) is 1. The second-order valence-corrected chi connectivity index (χ2v) is 6.71. The van der Waals surface area contributed by atoms with Crippen LogP contribution in [0.4, 0.5) is 4.39 Å². The van der Waals surface area contributed by atoms with Crippen LogP contribution in [-0.4, -0.2) is 6.54 Å². The topological polar surface area (TPSA) is 12.0 Å². The molecule has 1 N–H and O–H groups in total. The predicted molar refractivity (Wildman–Crippen MR) is 79.2 cm³/mol. The summed E-state index contributed by atoms with van der Waals surface area (Å²) in [7, 11) is 0. The Kier molecular flexibility index (Phi) is 5.80. The highest BCUT2D eigenvalue weighted by Gasteiger charge is 2.19. The molecule has 102 valence electrons. The van der Waals surface area contributed by atoms with E-state index in [0.717, 1.165) is 24.9 Å². The van der Waals surface area contributed by atoms with Gasteiger partial charge in [-0.3, -0.25) is 0 Å². The standard InChI is InChI=1S/C15H23BrFN/c1-5-18-13(9-10-15(2,3)4)11-7-6-8-12(16)14(11)17/h6-8,13,18H,5,9-10H2,1-4H3. The molecule has 1 atom stereocenters. The molecule has 0 heterocycles. The Morgan fingerprint density at radius 2 is 2.00 bits per heavy atom. The SMILES string of the molecule is CCNC(CCC(C)(C)C)c1cccc(Br)c1F. The smallest absolute Gasteiger partial charge is 0.142 e. The van der Waals surface area contributed by atoms with Crippen molar-refractivity contribution in [3.05, 3.63) is 34.1 Å². The van der Waals surface area contributed by atoms with Crippen LogP contribution in [0.25, 0.3) is 0 Å². The fraction of sp³-hybridized carbons (Fsp3) is 0.600. The Balaban J connectivity index is 2.87. The highest BCUT2D eigenvalue weighted by molar-refractivity contribution is 9.10. The summed E-state index contributed by atoms with van der Waals surface area (Å²) in [6.45, 7) is 9.55. The monoisotopic (exact) mass is 315 g/mol. The second-order valence-electron chi connectivity index (χ2n) is 5.85. The molecule has 1 aromatic carbocycles. The van der Waals surface area contributed by atoms with Crippen molar-refractivity contribution in [1.82, 2.24) is 5.32 Å². The van der Waals surface area contributed by atoms with Crippen LogP contribution < -0.4 is 5.32 Å². The van der Waals surface area contributed by atoms with Gasteiger partial charge >= 0.3 is 0 Å². The summed E-state index contributed by atoms with van der Waals surface area (Å²) in [4.78, 5) is 0. The number of benzene rings is 1. The van der Waals surface area contributed by atoms with Crippen LogP contribution in [0.2, 0.25) is 0 Å². The summed E-state index contributed by atoms with van der Waals surface area (Å²) in [6.07, 6.45) is 2.02. The van der Waals surface area contributed by atoms with E-state index >= 15 is 0 Å². The van der Waals surface area contributed by atoms with Gasteiger partial charge in [0.25, 0.3) is 0 Å². The van der Waals surface area contributed by atoms with Crippen molar-refractivity contribution in [1.29, 1.82) is 0 Å². The molecule has 0 amide bonds. The van der Waals surface area contributed by atoms with Crippen LogP contribution in [0.3, 0.4) is 0 Å². The molecule has 0 aliphatic rings. The van der Waals surface area contributed by atoms with Gasteiger partial charge in [0.2, 0.25) is 0 Å². The average Bonchev–Trinajstić information content (AvgIpc) is 2.27. The molecule has 0 aromatic heterocycles. The molecular weight excluding hydrogens is 293 g/mol. The molecule has 0 aliphatic heterocycles. The summed E-state index contributed by atoms with van der Waals surface area (Å²) >= 11 is 3.25. The van der Waals surface area contributed by atoms with Crippen LogP contribution in [0.5, 0.6) is 0 Å². The molecule has 1 unspecified atom stereocenters. The molecule has 0 saturated carbocycles. The molecule has 3 heteroatoms. The third-order valence-corrected chi connectivity index (χ3v) is 3.60. The first-order chi connectivity index (χ1) is 8.35. The van der Waals surface area contributed by atoms with Gasteiger partial charge < -0.3 is 5.32 Å². The van der Waals surface area contributed by atoms with Crippen molar-refractivity contribution >= 4 is 15.9 Å². The minimum absolute atomic E-state index is 0.0896. The van der Waals surface area contributed by atoms with Gasteiger partial charge in [-0.15, -0.1) is 0 Å². The van der Waals surface area contributed by atoms with Gasteiger partial charge in [-0.05, 0) is 46.8 Å². The van der Waals surface area contributed by atoms with Gasteiger partial charge in [-0.25, -0.2) is 4.39 Å². The first-order valence-electron chi connectivity index (χ1n) is 6.52. The van der Waals surface area contributed by atoms with Crippen molar-refractivity contribution in [2.75, 3.05) is 6.54 Å². The van der Waals surface area contributed by atoms with Crippen molar-refractivity contribution in [3.8, 4) is 0 Å². The summed E-state index contributed by atoms with van der Waals surface area (Å²) in [5.74, 6) is -0.141. The lowest BCUT2D eigenvalue weighted by Crippen LogP contribution is -2.23. The van der Waals surface area contributed by atoms with Crippen LogP contribution in [0.15, 0.2) is 22.7 Å². The maximum Gasteiger partial charge on any atom is 0.142 e. The highest BCUT2D eigenvalue weighted by Crippen LogP contribution is 2.30. The lowest BCUT2D eigenvalue weighted by atomic mass is 9.87. The third-order valence-electron chi connectivity index (χ3n) is 2.99. The van der Waals surface area contributed by atoms with Gasteiger partial charge in [-0.2, -0.15) is 0 Å². The molecule has 0 fully saturated rings. The fourth-order valence-electron chi connectivity index (χ4n) is 1.98. The quantitative estimate of drug-likeness (QED) is 0.800. The van der Waals surface area contributed by atoms with E-state index in [1.165, 1.54) is 0 Å². The van der Waals surface area contributed by atoms with Crippen LogP contribution in [0, 0.1) is 11.2 Å². The molecule has 1 rings (SSSR count). The lowest BCUT2D eigenvalue weighted by molar-refractivity contribution is 0.330. The van der Waals surface area contributed by atoms with Crippen molar-refractivity contribution in [2.45, 2.75) is 46.6 Å². The van der Waals surface area contributed by atoms with Gasteiger partial charge in [0.05, 0.1) is 4.47 Å². The maximum atomic E-state index is 14.1. The van der Waals surface area contributed by atoms with Crippen molar-refractivity contribution in [2.24, 2.45) is 5.41 Å². The van der Waals surface area contributed by atoms with E-state index in [4.69, 9.17) is 0 Å². The maximum absolute atomic E-state index is 14.1. The minimum Gasteiger partial charge on any atom is -0.310 e. The van der Waals surface area contributed by atoms with E-state index in [1.807, 2.05) is 12.1 Å². The van der Waals surface area contributed by atoms with Crippen molar-refractivity contribution in [3.63, 3.8) is 0 Å². The molecule has 0 aliphatic carbocycles. The first-order valence-corrected chi connectivity index (χ1v) is 7.31. The Morgan fingerprint density at radius 1 is 1.33 bits per heavy atom. The Morgan fingerprint density at radius 3 is 2.56 bits per heavy atom. The average molecular weight is 316 g/mol. The molecular formula is C15H23BrFN. The van der Waals surface area contributed by atoms with Crippen molar-refractivity contribution < 1.29 is 4.39 Å². The van der Waals surface area contributed by atoms with E-state index in [0.29, 0.717) is 4.47 Å². The molecule has 0 spiro atoms. The van der Waals surface area contributed by atoms with E-state index in [-0.39, 0.29) is 17.3 Å². The summed E-state index contributed by atoms with van der Waals surface area (Å²) in [6, 6.07) is 5.60. The predicted octanol–water partition coefficient (Wildman–Crippen LogP) is 5.07. The molecule has 0 bridgehead atoms. The minimum atomic E-state index is -0.141. The molecule has 18 heavy (non-hydrogen) atoms. The first kappa shape index (κ1) is 15.6. The summed E-state index contributed by atoms with van der Waals surface area (Å²) in [5.41, 5.74) is 1.03. The largest absolute Gasteiger partial charge is 0.310 e. The highest BCUT2D eigenvalue weighted by atomic mass is 79.9. The number of hydrogen-bond acceptors (Lipinski definition) is 1. The fourth-order valence-corrected chi connectivity index (χ4v) is 2.36. The van der Waals surface area contributed by atoms with Gasteiger partial charge in [0.1, 0.15) is 5.82 Å². The van der Waals surface area contributed by atoms with E-state index < -0.39 is 0 Å². The summed E-state index contributed by atoms with van der Waals surface area (Å²) in [5, 5.41) is 3.38. The van der Waals surface area contributed by atoms with Gasteiger partial charge in [0, 0.05) is 11.6 Å². The van der Waals surface area contributed by atoms with E-state index in [1.54, 1.807) is 6.07 Å². The number of rotatable bonds is 5. The van der Waals surface area contributed by atoms with Crippen LogP contribution in [-0.2, 0) is 0 Å². The zero-order chi connectivity index (χ0) is 13.8. The Bertz CT molecular complexity index is 385. The number of halogens is 2. The molecule has 0 radical (unpaired) electrons. The van der Waals surface area contributed by atoms with Gasteiger partial charge in [-0.1, -0.05) is 39.8 Å². The normalized spacial score (nSPS) is 13.7. The Hall–Kier alpha value is -0.410. The lowest BCUT2D eigenvalue weighted by Gasteiger charge is -2.24. The van der Waals surface area contributed by atoms with Crippen LogP contribution >= 0.6 is 15.9 Å². The molecule has 1 nitrogen and oxygen atoms in total. The molecule has 1 aromatic rings. The van der Waals surface area contributed by atoms with Crippen LogP contribution in [0.1, 0.15) is 52.1 Å². The molecule has 0 saturated heterocycles. The van der Waals surface area contributed by atoms with Gasteiger partial charge in [0.15, 0.2) is 0 Å². The summed E-state index contributed by atoms with van der Waals surface area (Å²) < 4.78 is 14.6. The zero-order valence-electron chi connectivity index (χ0n) is 11.7.